The summed E-state index contributed by atoms with van der Waals surface area (Å²) in [7, 11) is 1.89. The predicted octanol–water partition coefficient (Wildman–Crippen LogP) is 3.08. The Kier molecular flexibility index (Phi) is 5.23. The number of rotatable bonds is 6. The molecule has 0 spiro atoms. The van der Waals surface area contributed by atoms with Crippen molar-refractivity contribution >= 4 is 17.4 Å². The molecule has 0 bridgehead atoms. The van der Waals surface area contributed by atoms with Crippen LogP contribution in [0.3, 0.4) is 0 Å². The molecule has 0 radical (unpaired) electrons. The molecule has 6 nitrogen and oxygen atoms in total. The summed E-state index contributed by atoms with van der Waals surface area (Å²) in [5, 5.41) is 2.87. The topological polar surface area (TPSA) is 67.9 Å². The molecule has 0 unspecified atom stereocenters. The van der Waals surface area contributed by atoms with Crippen molar-refractivity contribution < 1.29 is 19.1 Å². The van der Waals surface area contributed by atoms with E-state index in [-0.39, 0.29) is 24.5 Å². The molecule has 26 heavy (non-hydrogen) atoms. The number of Topliss-reactive ketones (excluding diaryl/α,β-unsaturated/α-hetero) is 1. The number of ketones is 1. The van der Waals surface area contributed by atoms with Crippen molar-refractivity contribution in [3.63, 3.8) is 0 Å². The van der Waals surface area contributed by atoms with Gasteiger partial charge in [-0.05, 0) is 50.7 Å². The number of likely N-dealkylation sites (N-methyl/N-ethyl adjacent to an activating group) is 1. The maximum atomic E-state index is 12.5. The number of amides is 1. The molecule has 0 saturated carbocycles. The van der Waals surface area contributed by atoms with E-state index in [0.29, 0.717) is 17.8 Å². The quantitative estimate of drug-likeness (QED) is 0.808. The van der Waals surface area contributed by atoms with Gasteiger partial charge in [-0.1, -0.05) is 18.2 Å². The minimum absolute atomic E-state index is 0.0333. The van der Waals surface area contributed by atoms with Gasteiger partial charge in [0.05, 0.1) is 6.04 Å². The summed E-state index contributed by atoms with van der Waals surface area (Å²) >= 11 is 0. The Morgan fingerprint density at radius 2 is 1.92 bits per heavy atom. The van der Waals surface area contributed by atoms with Crippen LogP contribution in [0, 0.1) is 0 Å². The van der Waals surface area contributed by atoms with Gasteiger partial charge in [0.15, 0.2) is 17.3 Å². The summed E-state index contributed by atoms with van der Waals surface area (Å²) in [6, 6.07) is 12.4. The summed E-state index contributed by atoms with van der Waals surface area (Å²) in [6.07, 6.45) is 0. The van der Waals surface area contributed by atoms with Gasteiger partial charge in [0.1, 0.15) is 0 Å². The zero-order valence-corrected chi connectivity index (χ0v) is 15.1. The van der Waals surface area contributed by atoms with Crippen LogP contribution in [0.1, 0.15) is 29.8 Å². The van der Waals surface area contributed by atoms with Crippen molar-refractivity contribution in [2.45, 2.75) is 26.4 Å². The second kappa shape index (κ2) is 7.58. The number of nitrogens with one attached hydrogen (secondary N) is 1. The number of hydrogen-bond acceptors (Lipinski definition) is 5. The lowest BCUT2D eigenvalue weighted by atomic mass is 10.1. The van der Waals surface area contributed by atoms with Crippen LogP contribution in [0.4, 0.5) is 5.69 Å². The van der Waals surface area contributed by atoms with E-state index >= 15 is 0 Å². The highest BCUT2D eigenvalue weighted by molar-refractivity contribution is 5.98. The van der Waals surface area contributed by atoms with E-state index in [2.05, 4.69) is 5.32 Å². The monoisotopic (exact) mass is 354 g/mol. The molecule has 3 rings (SSSR count). The molecule has 1 N–H and O–H groups in total. The highest BCUT2D eigenvalue weighted by atomic mass is 16.7. The summed E-state index contributed by atoms with van der Waals surface area (Å²) < 4.78 is 10.7. The maximum Gasteiger partial charge on any atom is 0.241 e. The van der Waals surface area contributed by atoms with Crippen molar-refractivity contribution in [3.05, 3.63) is 53.6 Å². The first-order valence-corrected chi connectivity index (χ1v) is 8.44. The molecule has 0 aromatic heterocycles. The minimum Gasteiger partial charge on any atom is -0.454 e. The number of anilines is 1. The van der Waals surface area contributed by atoms with Crippen molar-refractivity contribution in [3.8, 4) is 11.5 Å². The highest BCUT2D eigenvalue weighted by Crippen LogP contribution is 2.32. The molecular weight excluding hydrogens is 332 g/mol. The molecule has 1 aliphatic heterocycles. The molecule has 2 aromatic rings. The fraction of sp³-hybridized carbons (Fsp3) is 0.300. The van der Waals surface area contributed by atoms with E-state index < -0.39 is 0 Å². The average Bonchev–Trinajstić information content (AvgIpc) is 3.09. The minimum atomic E-state index is -0.346. The zero-order chi connectivity index (χ0) is 18.7. The van der Waals surface area contributed by atoms with Crippen molar-refractivity contribution in [2.75, 3.05) is 19.2 Å². The molecule has 1 aliphatic rings. The number of benzene rings is 2. The molecule has 0 fully saturated rings. The first-order chi connectivity index (χ1) is 12.4. The second-order valence-electron chi connectivity index (χ2n) is 6.40. The first-order valence-electron chi connectivity index (χ1n) is 8.44. The van der Waals surface area contributed by atoms with Gasteiger partial charge < -0.3 is 14.8 Å². The van der Waals surface area contributed by atoms with Crippen molar-refractivity contribution in [1.29, 1.82) is 0 Å². The number of fused-ring (bicyclic) bond motifs is 1. The van der Waals surface area contributed by atoms with E-state index in [1.165, 1.54) is 6.92 Å². The number of carbonyl (C=O) groups excluding carboxylic acids is 2. The summed E-state index contributed by atoms with van der Waals surface area (Å²) in [5.41, 5.74) is 2.23. The van der Waals surface area contributed by atoms with Crippen LogP contribution < -0.4 is 14.8 Å². The SMILES string of the molecule is CC(=O)c1cccc(NC(=O)[C@H](C)N(C)Cc2ccc3c(c2)OCO3)c1. The van der Waals surface area contributed by atoms with Gasteiger partial charge in [-0.2, -0.15) is 0 Å². The number of ether oxygens (including phenoxy) is 2. The van der Waals surface area contributed by atoms with E-state index in [1.807, 2.05) is 37.1 Å². The Bertz CT molecular complexity index is 834. The lowest BCUT2D eigenvalue weighted by Crippen LogP contribution is -2.39. The van der Waals surface area contributed by atoms with Gasteiger partial charge in [0.25, 0.3) is 0 Å². The normalized spacial score (nSPS) is 13.5. The lowest BCUT2D eigenvalue weighted by molar-refractivity contribution is -0.120. The Morgan fingerprint density at radius 1 is 1.15 bits per heavy atom. The van der Waals surface area contributed by atoms with Crippen LogP contribution in [-0.4, -0.2) is 36.5 Å². The zero-order valence-electron chi connectivity index (χ0n) is 15.1. The molecule has 1 amide bonds. The van der Waals surface area contributed by atoms with Crippen LogP contribution in [0.5, 0.6) is 11.5 Å². The fourth-order valence-corrected chi connectivity index (χ4v) is 2.73. The smallest absolute Gasteiger partial charge is 0.241 e. The molecule has 1 atom stereocenters. The average molecular weight is 354 g/mol. The van der Waals surface area contributed by atoms with Gasteiger partial charge in [-0.3, -0.25) is 14.5 Å². The van der Waals surface area contributed by atoms with Crippen LogP contribution >= 0.6 is 0 Å². The molecule has 2 aromatic carbocycles. The Balaban J connectivity index is 1.62. The Morgan fingerprint density at radius 3 is 2.69 bits per heavy atom. The largest absolute Gasteiger partial charge is 0.454 e. The molecule has 6 heteroatoms. The third kappa shape index (κ3) is 4.03. The molecular formula is C20H22N2O4. The highest BCUT2D eigenvalue weighted by Gasteiger charge is 2.20. The van der Waals surface area contributed by atoms with Gasteiger partial charge in [-0.25, -0.2) is 0 Å². The molecule has 0 saturated heterocycles. The molecule has 0 aliphatic carbocycles. The predicted molar refractivity (Wildman–Crippen MR) is 98.6 cm³/mol. The van der Waals surface area contributed by atoms with Gasteiger partial charge in [-0.15, -0.1) is 0 Å². The summed E-state index contributed by atoms with van der Waals surface area (Å²) in [6.45, 7) is 4.19. The number of nitrogens with zero attached hydrogens (tertiary/aromatic N) is 1. The third-order valence-corrected chi connectivity index (χ3v) is 4.45. The van der Waals surface area contributed by atoms with Crippen molar-refractivity contribution in [1.82, 2.24) is 4.90 Å². The summed E-state index contributed by atoms with van der Waals surface area (Å²) in [4.78, 5) is 25.9. The lowest BCUT2D eigenvalue weighted by Gasteiger charge is -2.24. The first kappa shape index (κ1) is 17.9. The van der Waals surface area contributed by atoms with Crippen LogP contribution in [0.25, 0.3) is 0 Å². The Hall–Kier alpha value is -2.86. The number of carbonyl (C=O) groups is 2. The summed E-state index contributed by atoms with van der Waals surface area (Å²) in [5.74, 6) is 1.31. The van der Waals surface area contributed by atoms with Crippen molar-refractivity contribution in [2.24, 2.45) is 0 Å². The standard InChI is InChI=1S/C20H22N2O4/c1-13(20(24)21-17-6-4-5-16(10-17)14(2)23)22(3)11-15-7-8-18-19(9-15)26-12-25-18/h4-10,13H,11-12H2,1-3H3,(H,21,24)/t13-/m0/s1. The fourth-order valence-electron chi connectivity index (χ4n) is 2.73. The van der Waals surface area contributed by atoms with E-state index in [9.17, 15) is 9.59 Å². The molecule has 136 valence electrons. The van der Waals surface area contributed by atoms with Crippen LogP contribution in [0.15, 0.2) is 42.5 Å². The van der Waals surface area contributed by atoms with E-state index in [0.717, 1.165) is 17.1 Å². The second-order valence-corrected chi connectivity index (χ2v) is 6.40. The van der Waals surface area contributed by atoms with E-state index in [4.69, 9.17) is 9.47 Å². The Labute approximate surface area is 152 Å². The van der Waals surface area contributed by atoms with E-state index in [1.54, 1.807) is 24.3 Å². The van der Waals surface area contributed by atoms with Gasteiger partial charge in [0.2, 0.25) is 12.7 Å². The van der Waals surface area contributed by atoms with Gasteiger partial charge in [0, 0.05) is 17.8 Å². The maximum absolute atomic E-state index is 12.5. The third-order valence-electron chi connectivity index (χ3n) is 4.45. The van der Waals surface area contributed by atoms with Crippen LogP contribution in [-0.2, 0) is 11.3 Å². The molecule has 1 heterocycles. The number of hydrogen-bond donors (Lipinski definition) is 1. The van der Waals surface area contributed by atoms with Crippen LogP contribution in [0.2, 0.25) is 0 Å². The van der Waals surface area contributed by atoms with Gasteiger partial charge >= 0.3 is 0 Å².